The average Bonchev–Trinajstić information content (AvgIpc) is 2.81. The molecular weight excluding hydrogens is 392 g/mol. The van der Waals surface area contributed by atoms with E-state index >= 15 is 0 Å². The van der Waals surface area contributed by atoms with Crippen LogP contribution >= 0.6 is 0 Å². The van der Waals surface area contributed by atoms with Gasteiger partial charge in [-0.2, -0.15) is 5.26 Å². The van der Waals surface area contributed by atoms with E-state index in [0.717, 1.165) is 10.8 Å². The summed E-state index contributed by atoms with van der Waals surface area (Å²) in [6, 6.07) is 19.3. The first-order chi connectivity index (χ1) is 15.1. The number of rotatable bonds is 6. The van der Waals surface area contributed by atoms with Crippen LogP contribution in [-0.4, -0.2) is 25.6 Å². The van der Waals surface area contributed by atoms with E-state index in [1.165, 1.54) is 25.3 Å². The van der Waals surface area contributed by atoms with E-state index in [-0.39, 0.29) is 12.2 Å². The van der Waals surface area contributed by atoms with Crippen LogP contribution in [0.4, 0.5) is 5.69 Å². The molecule has 3 aromatic rings. The van der Waals surface area contributed by atoms with Gasteiger partial charge in [0.2, 0.25) is 0 Å². The van der Waals surface area contributed by atoms with Gasteiger partial charge in [0.15, 0.2) is 0 Å². The topological polar surface area (TPSA) is 88.4 Å². The van der Waals surface area contributed by atoms with Gasteiger partial charge in [0, 0.05) is 11.3 Å². The fourth-order valence-corrected chi connectivity index (χ4v) is 2.97. The van der Waals surface area contributed by atoms with E-state index in [2.05, 4.69) is 16.0 Å². The van der Waals surface area contributed by atoms with Crippen molar-refractivity contribution in [2.45, 2.75) is 0 Å². The Morgan fingerprint density at radius 1 is 1.10 bits per heavy atom. The fourth-order valence-electron chi connectivity index (χ4n) is 2.97. The van der Waals surface area contributed by atoms with Crippen molar-refractivity contribution >= 4 is 34.4 Å². The summed E-state index contributed by atoms with van der Waals surface area (Å²) in [7, 11) is 1.29. The summed E-state index contributed by atoms with van der Waals surface area (Å²) in [5.74, 6) is 1.81. The van der Waals surface area contributed by atoms with Gasteiger partial charge in [0.25, 0.3) is 5.91 Å². The number of terminal acetylenes is 1. The highest BCUT2D eigenvalue weighted by Gasteiger charge is 2.14. The molecule has 0 fully saturated rings. The Balaban J connectivity index is 1.94. The molecule has 0 aliphatic rings. The lowest BCUT2D eigenvalue weighted by Crippen LogP contribution is -2.13. The standard InChI is InChI=1S/C25H18N2O4/c1-3-14-31-23-13-10-17-6-4-5-7-21(17)22(23)15-19(16-26)24(28)27-20-11-8-18(9-12-20)25(29)30-2/h1,4-13,15H,14H2,2H3,(H,27,28)/b19-15+. The molecule has 1 amide bonds. The number of ether oxygens (including phenoxy) is 2. The van der Waals surface area contributed by atoms with Crippen LogP contribution in [0.2, 0.25) is 0 Å². The third kappa shape index (κ3) is 4.90. The molecule has 0 heterocycles. The second-order valence-corrected chi connectivity index (χ2v) is 6.38. The lowest BCUT2D eigenvalue weighted by molar-refractivity contribution is -0.112. The monoisotopic (exact) mass is 410 g/mol. The number of esters is 1. The zero-order chi connectivity index (χ0) is 22.2. The van der Waals surface area contributed by atoms with E-state index in [1.54, 1.807) is 18.2 Å². The molecule has 3 aromatic carbocycles. The zero-order valence-electron chi connectivity index (χ0n) is 16.7. The van der Waals surface area contributed by atoms with Crippen LogP contribution in [0.1, 0.15) is 15.9 Å². The summed E-state index contributed by atoms with van der Waals surface area (Å²) in [6.45, 7) is 0.0554. The normalized spacial score (nSPS) is 10.6. The Kier molecular flexibility index (Phi) is 6.67. The van der Waals surface area contributed by atoms with Crippen molar-refractivity contribution in [3.63, 3.8) is 0 Å². The molecule has 31 heavy (non-hydrogen) atoms. The minimum atomic E-state index is -0.593. The molecule has 3 rings (SSSR count). The van der Waals surface area contributed by atoms with Gasteiger partial charge in [-0.15, -0.1) is 6.42 Å². The summed E-state index contributed by atoms with van der Waals surface area (Å²) in [4.78, 5) is 24.3. The van der Waals surface area contributed by atoms with Crippen LogP contribution in [0.15, 0.2) is 66.2 Å². The smallest absolute Gasteiger partial charge is 0.337 e. The van der Waals surface area contributed by atoms with E-state index in [0.29, 0.717) is 22.6 Å². The Morgan fingerprint density at radius 3 is 2.52 bits per heavy atom. The van der Waals surface area contributed by atoms with Crippen LogP contribution in [0.25, 0.3) is 16.8 Å². The Bertz CT molecular complexity index is 1250. The van der Waals surface area contributed by atoms with Gasteiger partial charge in [-0.05, 0) is 47.2 Å². The van der Waals surface area contributed by atoms with E-state index in [9.17, 15) is 14.9 Å². The molecule has 0 radical (unpaired) electrons. The molecule has 0 unspecified atom stereocenters. The first kappa shape index (κ1) is 21.2. The van der Waals surface area contributed by atoms with Crippen molar-refractivity contribution in [2.24, 2.45) is 0 Å². The van der Waals surface area contributed by atoms with Crippen molar-refractivity contribution in [1.29, 1.82) is 5.26 Å². The molecule has 0 atom stereocenters. The third-order valence-electron chi connectivity index (χ3n) is 4.46. The maximum absolute atomic E-state index is 12.7. The summed E-state index contributed by atoms with van der Waals surface area (Å²) in [5.41, 5.74) is 1.25. The molecule has 6 heteroatoms. The predicted octanol–water partition coefficient (Wildman–Crippen LogP) is 4.18. The molecule has 0 aliphatic heterocycles. The van der Waals surface area contributed by atoms with Gasteiger partial charge in [0.05, 0.1) is 12.7 Å². The minimum Gasteiger partial charge on any atom is -0.480 e. The maximum atomic E-state index is 12.7. The number of amides is 1. The minimum absolute atomic E-state index is 0.0554. The summed E-state index contributed by atoms with van der Waals surface area (Å²) >= 11 is 0. The molecule has 152 valence electrons. The average molecular weight is 410 g/mol. The third-order valence-corrected chi connectivity index (χ3v) is 4.46. The first-order valence-electron chi connectivity index (χ1n) is 9.27. The number of methoxy groups -OCH3 is 1. The number of carbonyl (C=O) groups is 2. The van der Waals surface area contributed by atoms with Crippen molar-refractivity contribution in [1.82, 2.24) is 0 Å². The number of hydrogen-bond acceptors (Lipinski definition) is 5. The highest BCUT2D eigenvalue weighted by atomic mass is 16.5. The number of fused-ring (bicyclic) bond motifs is 1. The molecule has 0 spiro atoms. The van der Waals surface area contributed by atoms with Gasteiger partial charge in [-0.25, -0.2) is 4.79 Å². The molecule has 0 saturated carbocycles. The van der Waals surface area contributed by atoms with Crippen LogP contribution in [0, 0.1) is 23.7 Å². The second-order valence-electron chi connectivity index (χ2n) is 6.38. The van der Waals surface area contributed by atoms with E-state index < -0.39 is 11.9 Å². The lowest BCUT2D eigenvalue weighted by Gasteiger charge is -2.11. The SMILES string of the molecule is C#CCOc1ccc2ccccc2c1/C=C(\C#N)C(=O)Nc1ccc(C(=O)OC)cc1. The summed E-state index contributed by atoms with van der Waals surface area (Å²) in [6.07, 6.45) is 6.78. The van der Waals surface area contributed by atoms with Gasteiger partial charge in [0.1, 0.15) is 24.0 Å². The van der Waals surface area contributed by atoms with Crippen molar-refractivity contribution in [3.8, 4) is 24.2 Å². The van der Waals surface area contributed by atoms with Crippen LogP contribution < -0.4 is 10.1 Å². The molecule has 6 nitrogen and oxygen atoms in total. The number of anilines is 1. The molecule has 0 aliphatic carbocycles. The molecule has 0 bridgehead atoms. The van der Waals surface area contributed by atoms with Crippen molar-refractivity contribution in [2.75, 3.05) is 19.0 Å². The van der Waals surface area contributed by atoms with E-state index in [4.69, 9.17) is 11.2 Å². The number of nitrogens with zero attached hydrogens (tertiary/aromatic N) is 1. The lowest BCUT2D eigenvalue weighted by atomic mass is 10.0. The van der Waals surface area contributed by atoms with Crippen LogP contribution in [0.5, 0.6) is 5.75 Å². The highest BCUT2D eigenvalue weighted by molar-refractivity contribution is 6.11. The fraction of sp³-hybridized carbons (Fsp3) is 0.0800. The Morgan fingerprint density at radius 2 is 1.84 bits per heavy atom. The highest BCUT2D eigenvalue weighted by Crippen LogP contribution is 2.30. The molecule has 1 N–H and O–H groups in total. The largest absolute Gasteiger partial charge is 0.480 e. The van der Waals surface area contributed by atoms with E-state index in [1.807, 2.05) is 36.4 Å². The number of carbonyl (C=O) groups excluding carboxylic acids is 2. The number of nitrogens with one attached hydrogen (secondary N) is 1. The summed E-state index contributed by atoms with van der Waals surface area (Å²) < 4.78 is 10.3. The van der Waals surface area contributed by atoms with Gasteiger partial charge in [-0.1, -0.05) is 36.3 Å². The van der Waals surface area contributed by atoms with Gasteiger partial charge < -0.3 is 14.8 Å². The molecule has 0 aromatic heterocycles. The predicted molar refractivity (Wildman–Crippen MR) is 118 cm³/mol. The van der Waals surface area contributed by atoms with Crippen molar-refractivity contribution in [3.05, 3.63) is 77.4 Å². The molecule has 0 saturated heterocycles. The quantitative estimate of drug-likeness (QED) is 0.285. The Labute approximate surface area is 179 Å². The van der Waals surface area contributed by atoms with Gasteiger partial charge in [-0.3, -0.25) is 4.79 Å². The van der Waals surface area contributed by atoms with Crippen LogP contribution in [0.3, 0.4) is 0 Å². The maximum Gasteiger partial charge on any atom is 0.337 e. The van der Waals surface area contributed by atoms with Crippen LogP contribution in [-0.2, 0) is 9.53 Å². The first-order valence-corrected chi connectivity index (χ1v) is 9.27. The number of hydrogen-bond donors (Lipinski definition) is 1. The second kappa shape index (κ2) is 9.78. The zero-order valence-corrected chi connectivity index (χ0v) is 16.7. The Hall–Kier alpha value is -4.55. The number of benzene rings is 3. The number of nitriles is 1. The van der Waals surface area contributed by atoms with Gasteiger partial charge >= 0.3 is 5.97 Å². The molecular formula is C25H18N2O4. The van der Waals surface area contributed by atoms with Crippen molar-refractivity contribution < 1.29 is 19.1 Å². The summed E-state index contributed by atoms with van der Waals surface area (Å²) in [5, 5.41) is 14.0.